The van der Waals surface area contributed by atoms with Crippen LogP contribution >= 0.6 is 48.8 Å². The number of hydrogen-bond acceptors (Lipinski definition) is 12. The molecule has 0 fully saturated rings. The highest BCUT2D eigenvalue weighted by molar-refractivity contribution is 7.99. The van der Waals surface area contributed by atoms with Crippen LogP contribution in [0.2, 0.25) is 0 Å². The summed E-state index contributed by atoms with van der Waals surface area (Å²) in [6, 6.07) is 0. The molecule has 0 spiro atoms. The Morgan fingerprint density at radius 3 is 1.08 bits per heavy atom. The van der Waals surface area contributed by atoms with Crippen molar-refractivity contribution in [2.45, 2.75) is 12.6 Å². The standard InChI is InChI=1S/C4H10O4S.C2H6O2S.2C2H4O2S/c5-3(6)1-9-2-4(7)8;3-1-5-2-4;2*3-2(4)1-5/h3-8H,1-2H2;3-4H,1-2H2;2*5H,1H2,(H,3,4). The molecule has 0 aromatic rings. The van der Waals surface area contributed by atoms with Crippen molar-refractivity contribution in [2.75, 3.05) is 34.9 Å². The number of carbonyl (C=O) groups is 2. The van der Waals surface area contributed by atoms with Gasteiger partial charge in [0.2, 0.25) is 0 Å². The van der Waals surface area contributed by atoms with E-state index in [0.29, 0.717) is 0 Å². The summed E-state index contributed by atoms with van der Waals surface area (Å²) in [7, 11) is 0. The summed E-state index contributed by atoms with van der Waals surface area (Å²) in [5.74, 6) is -1.69. The fraction of sp³-hybridized carbons (Fsp3) is 0.800. The SMILES string of the molecule is O=C(O)CS.O=C(O)CS.OC(O)CSCC(O)O.OCSCO. The molecule has 0 aliphatic carbocycles. The Kier molecular flexibility index (Phi) is 37.0. The largest absolute Gasteiger partial charge is 0.481 e. The van der Waals surface area contributed by atoms with E-state index in [4.69, 9.17) is 40.9 Å². The van der Waals surface area contributed by atoms with Gasteiger partial charge in [0.05, 0.1) is 23.4 Å². The van der Waals surface area contributed by atoms with Gasteiger partial charge in [-0.25, -0.2) is 0 Å². The average Bonchev–Trinajstić information content (AvgIpc) is 2.49. The summed E-state index contributed by atoms with van der Waals surface area (Å²) in [4.78, 5) is 18.6. The second-order valence-electron chi connectivity index (χ2n) is 3.06. The highest BCUT2D eigenvalue weighted by Gasteiger charge is 2.00. The van der Waals surface area contributed by atoms with Crippen molar-refractivity contribution in [3.8, 4) is 0 Å². The van der Waals surface area contributed by atoms with Gasteiger partial charge in [-0.1, -0.05) is 0 Å². The van der Waals surface area contributed by atoms with Gasteiger partial charge in [-0.15, -0.1) is 11.8 Å². The van der Waals surface area contributed by atoms with Gasteiger partial charge in [0.15, 0.2) is 12.6 Å². The summed E-state index contributed by atoms with van der Waals surface area (Å²) in [5, 5.41) is 64.0. The van der Waals surface area contributed by atoms with Crippen LogP contribution in [0.25, 0.3) is 0 Å². The lowest BCUT2D eigenvalue weighted by molar-refractivity contribution is -0.134. The Bertz CT molecular complexity index is 244. The van der Waals surface area contributed by atoms with Crippen molar-refractivity contribution in [3.05, 3.63) is 0 Å². The molecule has 0 amide bonds. The molecule has 0 radical (unpaired) electrons. The number of rotatable bonds is 8. The maximum absolute atomic E-state index is 9.29. The Morgan fingerprint density at radius 2 is 1.00 bits per heavy atom. The fourth-order valence-corrected chi connectivity index (χ4v) is 0.959. The molecule has 0 unspecified atom stereocenters. The highest BCUT2D eigenvalue weighted by atomic mass is 32.2. The summed E-state index contributed by atoms with van der Waals surface area (Å²) < 4.78 is 0. The topological polar surface area (TPSA) is 196 Å². The first-order chi connectivity index (χ1) is 11.1. The van der Waals surface area contributed by atoms with Gasteiger partial charge in [-0.2, -0.15) is 37.0 Å². The highest BCUT2D eigenvalue weighted by Crippen LogP contribution is 2.01. The molecule has 0 aliphatic rings. The summed E-state index contributed by atoms with van der Waals surface area (Å²) in [6.45, 7) is 0. The predicted octanol–water partition coefficient (Wildman–Crippen LogP) is -2.04. The van der Waals surface area contributed by atoms with Crippen LogP contribution in [0.4, 0.5) is 0 Å². The predicted molar refractivity (Wildman–Crippen MR) is 98.5 cm³/mol. The maximum Gasteiger partial charge on any atom is 0.313 e. The van der Waals surface area contributed by atoms with E-state index in [1.807, 2.05) is 0 Å². The van der Waals surface area contributed by atoms with Crippen molar-refractivity contribution in [3.63, 3.8) is 0 Å². The van der Waals surface area contributed by atoms with E-state index in [9.17, 15) is 9.59 Å². The number of aliphatic hydroxyl groups excluding tert-OH is 4. The van der Waals surface area contributed by atoms with E-state index in [1.165, 1.54) is 0 Å². The van der Waals surface area contributed by atoms with E-state index >= 15 is 0 Å². The normalized spacial score (nSPS) is 9.08. The zero-order valence-electron chi connectivity index (χ0n) is 12.5. The molecule has 0 aromatic heterocycles. The van der Waals surface area contributed by atoms with Crippen LogP contribution in [-0.2, 0) is 9.59 Å². The van der Waals surface area contributed by atoms with E-state index in [-0.39, 0.29) is 34.9 Å². The maximum atomic E-state index is 9.29. The summed E-state index contributed by atoms with van der Waals surface area (Å²) in [6.07, 6.45) is -2.73. The third-order valence-corrected chi connectivity index (χ3v) is 2.96. The molecular formula is C10H24O10S4. The van der Waals surface area contributed by atoms with E-state index in [0.717, 1.165) is 23.5 Å². The molecule has 0 bridgehead atoms. The fourth-order valence-electron chi connectivity index (χ4n) is 0.320. The molecule has 0 atom stereocenters. The average molecular weight is 433 g/mol. The summed E-state index contributed by atoms with van der Waals surface area (Å²) >= 11 is 8.98. The minimum Gasteiger partial charge on any atom is -0.481 e. The van der Waals surface area contributed by atoms with Crippen molar-refractivity contribution < 1.29 is 50.4 Å². The van der Waals surface area contributed by atoms with Crippen molar-refractivity contribution in [2.24, 2.45) is 0 Å². The first-order valence-corrected chi connectivity index (χ1v) is 9.41. The zero-order chi connectivity index (χ0) is 20.0. The number of thioether (sulfide) groups is 2. The Balaban J connectivity index is -0.000000116. The van der Waals surface area contributed by atoms with Gasteiger partial charge in [-0.05, 0) is 0 Å². The molecule has 10 nitrogen and oxygen atoms in total. The molecule has 0 aliphatic heterocycles. The van der Waals surface area contributed by atoms with E-state index in [2.05, 4.69) is 25.3 Å². The first kappa shape index (κ1) is 31.8. The number of aliphatic carboxylic acids is 2. The monoisotopic (exact) mass is 432 g/mol. The number of aliphatic hydroxyl groups is 6. The van der Waals surface area contributed by atoms with Crippen LogP contribution in [0.1, 0.15) is 0 Å². The number of hydrogen-bond donors (Lipinski definition) is 10. The van der Waals surface area contributed by atoms with Crippen LogP contribution in [0.5, 0.6) is 0 Å². The smallest absolute Gasteiger partial charge is 0.313 e. The quantitative estimate of drug-likeness (QED) is 0.149. The molecule has 148 valence electrons. The molecule has 0 saturated heterocycles. The Hall–Kier alpha value is 0.100. The van der Waals surface area contributed by atoms with Crippen molar-refractivity contribution in [1.82, 2.24) is 0 Å². The molecular weight excluding hydrogens is 408 g/mol. The number of thiol groups is 2. The summed E-state index contributed by atoms with van der Waals surface area (Å²) in [5.41, 5.74) is 0. The molecule has 24 heavy (non-hydrogen) atoms. The molecule has 8 N–H and O–H groups in total. The number of carboxylic acids is 2. The lowest BCUT2D eigenvalue weighted by Gasteiger charge is -2.03. The second kappa shape index (κ2) is 27.9. The Morgan fingerprint density at radius 1 is 0.750 bits per heavy atom. The third-order valence-electron chi connectivity index (χ3n) is 0.987. The van der Waals surface area contributed by atoms with Gasteiger partial charge in [0.25, 0.3) is 0 Å². The van der Waals surface area contributed by atoms with Gasteiger partial charge in [0.1, 0.15) is 0 Å². The molecule has 0 rings (SSSR count). The lowest BCUT2D eigenvalue weighted by atomic mass is 10.8. The zero-order valence-corrected chi connectivity index (χ0v) is 15.9. The van der Waals surface area contributed by atoms with E-state index in [1.54, 1.807) is 0 Å². The molecule has 0 saturated carbocycles. The van der Waals surface area contributed by atoms with Crippen molar-refractivity contribution in [1.29, 1.82) is 0 Å². The molecule has 14 heteroatoms. The van der Waals surface area contributed by atoms with Gasteiger partial charge < -0.3 is 40.9 Å². The lowest BCUT2D eigenvalue weighted by Crippen LogP contribution is -2.12. The molecule has 0 heterocycles. The van der Waals surface area contributed by atoms with Gasteiger partial charge in [0, 0.05) is 11.5 Å². The molecule has 0 aromatic carbocycles. The van der Waals surface area contributed by atoms with Crippen LogP contribution in [0.15, 0.2) is 0 Å². The van der Waals surface area contributed by atoms with Gasteiger partial charge in [-0.3, -0.25) is 9.59 Å². The van der Waals surface area contributed by atoms with Crippen LogP contribution < -0.4 is 0 Å². The first-order valence-electron chi connectivity index (χ1n) is 5.83. The second-order valence-corrected chi connectivity index (χ2v) is 5.70. The van der Waals surface area contributed by atoms with E-state index < -0.39 is 24.5 Å². The minimum atomic E-state index is -1.37. The number of carboxylic acid groups (broad SMARTS) is 2. The third kappa shape index (κ3) is 67.2. The van der Waals surface area contributed by atoms with Crippen LogP contribution in [-0.4, -0.2) is 100 Å². The van der Waals surface area contributed by atoms with Crippen LogP contribution in [0.3, 0.4) is 0 Å². The minimum absolute atomic E-state index is 0.0104. The van der Waals surface area contributed by atoms with Gasteiger partial charge >= 0.3 is 11.9 Å². The van der Waals surface area contributed by atoms with Crippen LogP contribution in [0, 0.1) is 0 Å². The van der Waals surface area contributed by atoms with Crippen molar-refractivity contribution >= 4 is 60.7 Å². The Labute approximate surface area is 158 Å².